The second-order valence-electron chi connectivity index (χ2n) is 4.54. The van der Waals surface area contributed by atoms with E-state index in [-0.39, 0.29) is 5.60 Å². The van der Waals surface area contributed by atoms with Crippen LogP contribution in [0.3, 0.4) is 0 Å². The van der Waals surface area contributed by atoms with Crippen molar-refractivity contribution in [3.63, 3.8) is 0 Å². The second-order valence-corrected chi connectivity index (χ2v) is 4.54. The van der Waals surface area contributed by atoms with Crippen molar-refractivity contribution in [3.05, 3.63) is 0 Å². The van der Waals surface area contributed by atoms with Crippen LogP contribution in [0.1, 0.15) is 25.7 Å². The highest BCUT2D eigenvalue weighted by Crippen LogP contribution is 2.38. The fraction of sp³-hybridized carbons (Fsp3) is 1.00. The Hall–Kier alpha value is -0.120. The molecular weight excluding hydrogens is 176 g/mol. The number of nitrogens with one attached hydrogen (secondary N) is 1. The number of nitrogens with zero attached hydrogens (tertiary/aromatic N) is 1. The van der Waals surface area contributed by atoms with E-state index in [2.05, 4.69) is 24.3 Å². The van der Waals surface area contributed by atoms with Crippen LogP contribution in [0.5, 0.6) is 0 Å². The Bertz CT molecular complexity index is 155. The fourth-order valence-corrected chi connectivity index (χ4v) is 1.84. The van der Waals surface area contributed by atoms with Crippen LogP contribution in [-0.4, -0.2) is 51.3 Å². The lowest BCUT2D eigenvalue weighted by molar-refractivity contribution is -0.106. The highest BCUT2D eigenvalue weighted by Gasteiger charge is 2.37. The maximum absolute atomic E-state index is 6.00. The van der Waals surface area contributed by atoms with Gasteiger partial charge < -0.3 is 15.0 Å². The zero-order valence-electron chi connectivity index (χ0n) is 9.81. The summed E-state index contributed by atoms with van der Waals surface area (Å²) in [5, 5.41) is 3.20. The molecule has 0 atom stereocenters. The molecule has 1 N–H and O–H groups in total. The van der Waals surface area contributed by atoms with Crippen molar-refractivity contribution >= 4 is 0 Å². The van der Waals surface area contributed by atoms with E-state index in [1.807, 2.05) is 7.05 Å². The molecule has 0 unspecified atom stereocenters. The number of likely N-dealkylation sites (N-methyl/N-ethyl adjacent to an activating group) is 1. The summed E-state index contributed by atoms with van der Waals surface area (Å²) in [6.45, 7) is 2.97. The summed E-state index contributed by atoms with van der Waals surface area (Å²) in [5.74, 6) is 0. The van der Waals surface area contributed by atoms with E-state index in [0.29, 0.717) is 0 Å². The van der Waals surface area contributed by atoms with Crippen LogP contribution in [0, 0.1) is 0 Å². The molecule has 1 aliphatic carbocycles. The largest absolute Gasteiger partial charge is 0.374 e. The van der Waals surface area contributed by atoms with Crippen LogP contribution in [0.4, 0.5) is 0 Å². The van der Waals surface area contributed by atoms with E-state index >= 15 is 0 Å². The number of hydrogen-bond donors (Lipinski definition) is 1. The normalized spacial score (nSPS) is 19.7. The number of ether oxygens (including phenoxy) is 1. The Morgan fingerprint density at radius 2 is 2.07 bits per heavy atom. The van der Waals surface area contributed by atoms with Gasteiger partial charge in [-0.1, -0.05) is 0 Å². The van der Waals surface area contributed by atoms with Crippen molar-refractivity contribution in [2.75, 3.05) is 40.8 Å². The van der Waals surface area contributed by atoms with E-state index in [0.717, 1.165) is 26.1 Å². The van der Waals surface area contributed by atoms with Crippen molar-refractivity contribution in [2.45, 2.75) is 31.3 Å². The molecule has 3 nitrogen and oxygen atoms in total. The van der Waals surface area contributed by atoms with E-state index in [9.17, 15) is 0 Å². The molecule has 1 saturated carbocycles. The van der Waals surface area contributed by atoms with Gasteiger partial charge in [0.05, 0.1) is 12.2 Å². The molecule has 1 fully saturated rings. The monoisotopic (exact) mass is 200 g/mol. The van der Waals surface area contributed by atoms with Crippen LogP contribution in [0.2, 0.25) is 0 Å². The van der Waals surface area contributed by atoms with Crippen LogP contribution >= 0.6 is 0 Å². The third-order valence-electron chi connectivity index (χ3n) is 3.04. The lowest BCUT2D eigenvalue weighted by Crippen LogP contribution is -2.43. The highest BCUT2D eigenvalue weighted by molar-refractivity contribution is 4.90. The minimum absolute atomic E-state index is 0.221. The van der Waals surface area contributed by atoms with Gasteiger partial charge in [-0.2, -0.15) is 0 Å². The van der Waals surface area contributed by atoms with E-state index in [1.54, 1.807) is 0 Å². The van der Waals surface area contributed by atoms with Gasteiger partial charge in [0.15, 0.2) is 0 Å². The summed E-state index contributed by atoms with van der Waals surface area (Å²) in [6.07, 6.45) is 5.01. The molecule has 0 radical (unpaired) electrons. The average molecular weight is 200 g/mol. The first-order valence-electron chi connectivity index (χ1n) is 5.62. The molecule has 14 heavy (non-hydrogen) atoms. The van der Waals surface area contributed by atoms with Gasteiger partial charge in [-0.25, -0.2) is 0 Å². The topological polar surface area (TPSA) is 24.5 Å². The standard InChI is InChI=1S/C11H24N2O/c1-12-8-7-11(5-4-6-11)14-10-9-13(2)3/h12H,4-10H2,1-3H3. The molecule has 3 heteroatoms. The van der Waals surface area contributed by atoms with Crippen molar-refractivity contribution in [1.29, 1.82) is 0 Å². The van der Waals surface area contributed by atoms with Gasteiger partial charge in [-0.15, -0.1) is 0 Å². The van der Waals surface area contributed by atoms with E-state index in [1.165, 1.54) is 19.3 Å². The highest BCUT2D eigenvalue weighted by atomic mass is 16.5. The SMILES string of the molecule is CNCCC1(OCCN(C)C)CCC1. The summed E-state index contributed by atoms with van der Waals surface area (Å²) < 4.78 is 6.00. The predicted molar refractivity (Wildman–Crippen MR) is 59.6 cm³/mol. The second kappa shape index (κ2) is 5.69. The molecule has 0 aromatic heterocycles. The maximum Gasteiger partial charge on any atom is 0.0695 e. The van der Waals surface area contributed by atoms with Crippen molar-refractivity contribution in [3.8, 4) is 0 Å². The van der Waals surface area contributed by atoms with Crippen LogP contribution in [0.15, 0.2) is 0 Å². The van der Waals surface area contributed by atoms with Gasteiger partial charge in [0.25, 0.3) is 0 Å². The molecule has 0 aliphatic heterocycles. The predicted octanol–water partition coefficient (Wildman–Crippen LogP) is 1.10. The van der Waals surface area contributed by atoms with E-state index in [4.69, 9.17) is 4.74 Å². The Balaban J connectivity index is 2.16. The first-order valence-corrected chi connectivity index (χ1v) is 5.62. The Kier molecular flexibility index (Phi) is 4.85. The van der Waals surface area contributed by atoms with E-state index < -0.39 is 0 Å². The lowest BCUT2D eigenvalue weighted by atomic mass is 9.77. The fourth-order valence-electron chi connectivity index (χ4n) is 1.84. The van der Waals surface area contributed by atoms with Crippen molar-refractivity contribution < 1.29 is 4.74 Å². The first-order chi connectivity index (χ1) is 6.68. The van der Waals surface area contributed by atoms with Crippen molar-refractivity contribution in [1.82, 2.24) is 10.2 Å². The molecule has 0 amide bonds. The van der Waals surface area contributed by atoms with Crippen molar-refractivity contribution in [2.24, 2.45) is 0 Å². The summed E-state index contributed by atoms with van der Waals surface area (Å²) >= 11 is 0. The molecule has 0 saturated heterocycles. The van der Waals surface area contributed by atoms with Gasteiger partial charge in [0.1, 0.15) is 0 Å². The Labute approximate surface area is 87.8 Å². The molecule has 0 spiro atoms. The van der Waals surface area contributed by atoms with Crippen LogP contribution < -0.4 is 5.32 Å². The first kappa shape index (κ1) is 12.0. The summed E-state index contributed by atoms with van der Waals surface area (Å²) in [5.41, 5.74) is 0.221. The number of hydrogen-bond acceptors (Lipinski definition) is 3. The van der Waals surface area contributed by atoms with Gasteiger partial charge in [0, 0.05) is 6.54 Å². The zero-order chi connectivity index (χ0) is 10.4. The molecule has 1 rings (SSSR count). The Morgan fingerprint density at radius 1 is 1.36 bits per heavy atom. The summed E-state index contributed by atoms with van der Waals surface area (Å²) in [7, 11) is 6.18. The molecule has 0 heterocycles. The molecule has 0 aromatic rings. The third kappa shape index (κ3) is 3.56. The molecular formula is C11H24N2O. The van der Waals surface area contributed by atoms with Gasteiger partial charge in [0.2, 0.25) is 0 Å². The zero-order valence-corrected chi connectivity index (χ0v) is 9.81. The molecule has 84 valence electrons. The number of rotatable bonds is 7. The smallest absolute Gasteiger partial charge is 0.0695 e. The van der Waals surface area contributed by atoms with Crippen LogP contribution in [0.25, 0.3) is 0 Å². The maximum atomic E-state index is 6.00. The molecule has 0 aromatic carbocycles. The minimum atomic E-state index is 0.221. The molecule has 0 bridgehead atoms. The summed E-state index contributed by atoms with van der Waals surface area (Å²) in [6, 6.07) is 0. The lowest BCUT2D eigenvalue weighted by Gasteiger charge is -2.42. The van der Waals surface area contributed by atoms with Gasteiger partial charge in [-0.05, 0) is 53.4 Å². The van der Waals surface area contributed by atoms with Crippen LogP contribution in [-0.2, 0) is 4.74 Å². The van der Waals surface area contributed by atoms with Gasteiger partial charge >= 0.3 is 0 Å². The average Bonchev–Trinajstić information content (AvgIpc) is 2.07. The van der Waals surface area contributed by atoms with Gasteiger partial charge in [-0.3, -0.25) is 0 Å². The quantitative estimate of drug-likeness (QED) is 0.666. The minimum Gasteiger partial charge on any atom is -0.374 e. The third-order valence-corrected chi connectivity index (χ3v) is 3.04. The Morgan fingerprint density at radius 3 is 2.50 bits per heavy atom. The summed E-state index contributed by atoms with van der Waals surface area (Å²) in [4.78, 5) is 2.17. The molecule has 1 aliphatic rings.